The van der Waals surface area contributed by atoms with Crippen molar-refractivity contribution in [1.29, 1.82) is 0 Å². The third kappa shape index (κ3) is 4.39. The quantitative estimate of drug-likeness (QED) is 0.600. The zero-order chi connectivity index (χ0) is 18.0. The van der Waals surface area contributed by atoms with Gasteiger partial charge in [-0.2, -0.15) is 0 Å². The number of carbonyl (C=O) groups is 2. The van der Waals surface area contributed by atoms with Crippen molar-refractivity contribution in [2.75, 3.05) is 0 Å². The van der Waals surface area contributed by atoms with Crippen LogP contribution < -0.4 is 10.1 Å². The van der Waals surface area contributed by atoms with Crippen molar-refractivity contribution in [2.45, 2.75) is 6.61 Å². The Bertz CT molecular complexity index is 878. The molecule has 0 atom stereocenters. The Kier molecular flexibility index (Phi) is 5.74. The van der Waals surface area contributed by atoms with Crippen molar-refractivity contribution in [3.05, 3.63) is 66.9 Å². The predicted octanol–water partition coefficient (Wildman–Crippen LogP) is 5.66. The van der Waals surface area contributed by atoms with Crippen molar-refractivity contribution >= 4 is 68.1 Å². The number of hydrogen-bond acceptors (Lipinski definition) is 4. The molecule has 2 amide bonds. The first kappa shape index (κ1) is 18.3. The third-order valence-corrected chi connectivity index (χ3v) is 5.34. The lowest BCUT2D eigenvalue weighted by Gasteiger charge is -2.12. The van der Waals surface area contributed by atoms with E-state index in [9.17, 15) is 9.59 Å². The molecule has 128 valence electrons. The van der Waals surface area contributed by atoms with Crippen LogP contribution in [0.4, 0.5) is 4.79 Å². The fourth-order valence-electron chi connectivity index (χ4n) is 2.14. The molecule has 0 unspecified atom stereocenters. The Morgan fingerprint density at radius 1 is 1.16 bits per heavy atom. The van der Waals surface area contributed by atoms with E-state index in [0.717, 1.165) is 17.3 Å². The van der Waals surface area contributed by atoms with Gasteiger partial charge in [0.15, 0.2) is 5.75 Å². The summed E-state index contributed by atoms with van der Waals surface area (Å²) in [5, 5.41) is 2.81. The highest BCUT2D eigenvalue weighted by atomic mass is 79.9. The largest absolute Gasteiger partial charge is 0.486 e. The molecule has 0 radical (unpaired) electrons. The van der Waals surface area contributed by atoms with Crippen molar-refractivity contribution in [2.24, 2.45) is 0 Å². The van der Waals surface area contributed by atoms with Crippen LogP contribution in [0.2, 0.25) is 10.0 Å². The van der Waals surface area contributed by atoms with Crippen LogP contribution >= 0.6 is 50.9 Å². The van der Waals surface area contributed by atoms with Crippen LogP contribution in [0.3, 0.4) is 0 Å². The molecule has 3 rings (SSSR count). The number of imide groups is 1. The van der Waals surface area contributed by atoms with E-state index < -0.39 is 5.91 Å². The van der Waals surface area contributed by atoms with Crippen LogP contribution in [0, 0.1) is 0 Å². The third-order valence-electron chi connectivity index (χ3n) is 3.29. The van der Waals surface area contributed by atoms with Crippen molar-refractivity contribution < 1.29 is 14.3 Å². The van der Waals surface area contributed by atoms with Gasteiger partial charge in [-0.3, -0.25) is 14.9 Å². The zero-order valence-corrected chi connectivity index (χ0v) is 16.4. The molecule has 1 N–H and O–H groups in total. The molecule has 2 aromatic rings. The maximum Gasteiger partial charge on any atom is 0.290 e. The van der Waals surface area contributed by atoms with Gasteiger partial charge in [0.2, 0.25) is 0 Å². The molecule has 0 aromatic heterocycles. The summed E-state index contributed by atoms with van der Waals surface area (Å²) in [7, 11) is 0. The lowest BCUT2D eigenvalue weighted by Crippen LogP contribution is -2.17. The Hall–Kier alpha value is -1.47. The fourth-order valence-corrected chi connectivity index (χ4v) is 4.00. The lowest BCUT2D eigenvalue weighted by atomic mass is 10.2. The Morgan fingerprint density at radius 3 is 2.56 bits per heavy atom. The minimum atomic E-state index is -0.415. The first-order chi connectivity index (χ1) is 11.9. The summed E-state index contributed by atoms with van der Waals surface area (Å²) in [5.74, 6) is 0.0598. The van der Waals surface area contributed by atoms with Crippen LogP contribution in [0.25, 0.3) is 6.08 Å². The van der Waals surface area contributed by atoms with Gasteiger partial charge in [0.1, 0.15) is 6.61 Å². The highest BCUT2D eigenvalue weighted by Crippen LogP contribution is 2.37. The van der Waals surface area contributed by atoms with Gasteiger partial charge >= 0.3 is 0 Å². The lowest BCUT2D eigenvalue weighted by molar-refractivity contribution is -0.115. The second kappa shape index (κ2) is 7.83. The van der Waals surface area contributed by atoms with E-state index in [1.807, 2.05) is 18.2 Å². The summed E-state index contributed by atoms with van der Waals surface area (Å²) in [4.78, 5) is 23.1. The smallest absolute Gasteiger partial charge is 0.290 e. The average Bonchev–Trinajstić information content (AvgIpc) is 2.85. The van der Waals surface area contributed by atoms with Crippen molar-refractivity contribution in [1.82, 2.24) is 5.32 Å². The molecule has 0 bridgehead atoms. The standard InChI is InChI=1S/C17H10BrCl2NO3S/c18-11-5-9(7-14-16(22)21-17(23)25-14)6-13(20)15(11)24-8-10-3-1-2-4-12(10)19/h1-7H,8H2,(H,21,22,23)/b14-7-. The van der Waals surface area contributed by atoms with E-state index >= 15 is 0 Å². The fraction of sp³-hybridized carbons (Fsp3) is 0.0588. The number of amides is 2. The Balaban J connectivity index is 1.81. The number of thioether (sulfide) groups is 1. The zero-order valence-electron chi connectivity index (χ0n) is 12.5. The number of nitrogens with one attached hydrogen (secondary N) is 1. The highest BCUT2D eigenvalue weighted by Gasteiger charge is 2.25. The van der Waals surface area contributed by atoms with Crippen molar-refractivity contribution in [3.8, 4) is 5.75 Å². The maximum atomic E-state index is 11.6. The number of hydrogen-bond donors (Lipinski definition) is 1. The van der Waals surface area contributed by atoms with E-state index in [0.29, 0.717) is 30.7 Å². The van der Waals surface area contributed by atoms with Crippen LogP contribution in [-0.4, -0.2) is 11.1 Å². The van der Waals surface area contributed by atoms with Crippen LogP contribution in [0.15, 0.2) is 45.8 Å². The van der Waals surface area contributed by atoms with E-state index in [4.69, 9.17) is 27.9 Å². The summed E-state index contributed by atoms with van der Waals surface area (Å²) < 4.78 is 6.41. The van der Waals surface area contributed by atoms with Crippen LogP contribution in [0.1, 0.15) is 11.1 Å². The van der Waals surface area contributed by atoms with Crippen molar-refractivity contribution in [3.63, 3.8) is 0 Å². The molecular formula is C17H10BrCl2NO3S. The molecule has 1 heterocycles. The molecule has 0 spiro atoms. The van der Waals surface area contributed by atoms with E-state index in [2.05, 4.69) is 21.2 Å². The molecule has 1 fully saturated rings. The van der Waals surface area contributed by atoms with E-state index in [1.54, 1.807) is 24.3 Å². The second-order valence-corrected chi connectivity index (χ2v) is 7.73. The number of halogens is 3. The topological polar surface area (TPSA) is 55.4 Å². The summed E-state index contributed by atoms with van der Waals surface area (Å²) in [6.07, 6.45) is 1.60. The molecule has 0 aliphatic carbocycles. The Labute approximate surface area is 166 Å². The van der Waals surface area contributed by atoms with Gasteiger partial charge in [-0.25, -0.2) is 0 Å². The molecule has 25 heavy (non-hydrogen) atoms. The molecule has 1 saturated heterocycles. The minimum Gasteiger partial charge on any atom is -0.486 e. The van der Waals surface area contributed by atoms with Gasteiger partial charge in [-0.05, 0) is 57.5 Å². The molecule has 4 nitrogen and oxygen atoms in total. The van der Waals surface area contributed by atoms with Gasteiger partial charge in [0, 0.05) is 10.6 Å². The second-order valence-electron chi connectivity index (χ2n) is 5.05. The molecule has 1 aliphatic rings. The normalized spacial score (nSPS) is 15.6. The summed E-state index contributed by atoms with van der Waals surface area (Å²) in [5.41, 5.74) is 1.52. The number of rotatable bonds is 4. The minimum absolute atomic E-state index is 0.269. The van der Waals surface area contributed by atoms with Gasteiger partial charge in [0.25, 0.3) is 11.1 Å². The molecule has 2 aromatic carbocycles. The molecule has 0 saturated carbocycles. The van der Waals surface area contributed by atoms with Crippen LogP contribution in [-0.2, 0) is 11.4 Å². The average molecular weight is 459 g/mol. The molecule has 1 aliphatic heterocycles. The van der Waals surface area contributed by atoms with Gasteiger partial charge in [-0.15, -0.1) is 0 Å². The summed E-state index contributed by atoms with van der Waals surface area (Å²) in [6, 6.07) is 10.8. The van der Waals surface area contributed by atoms with Gasteiger partial charge < -0.3 is 4.74 Å². The van der Waals surface area contributed by atoms with E-state index in [-0.39, 0.29) is 11.8 Å². The Morgan fingerprint density at radius 2 is 1.92 bits per heavy atom. The number of benzene rings is 2. The molecular weight excluding hydrogens is 449 g/mol. The maximum absolute atomic E-state index is 11.6. The predicted molar refractivity (Wildman–Crippen MR) is 104 cm³/mol. The first-order valence-electron chi connectivity index (χ1n) is 7.04. The number of carbonyl (C=O) groups excluding carboxylic acids is 2. The monoisotopic (exact) mass is 457 g/mol. The summed E-state index contributed by atoms with van der Waals surface area (Å²) >= 11 is 16.7. The number of ether oxygens (including phenoxy) is 1. The van der Waals surface area contributed by atoms with Crippen LogP contribution in [0.5, 0.6) is 5.75 Å². The van der Waals surface area contributed by atoms with Gasteiger partial charge in [-0.1, -0.05) is 41.4 Å². The highest BCUT2D eigenvalue weighted by molar-refractivity contribution is 9.10. The first-order valence-corrected chi connectivity index (χ1v) is 9.40. The summed E-state index contributed by atoms with van der Waals surface area (Å²) in [6.45, 7) is 0.269. The van der Waals surface area contributed by atoms with E-state index in [1.165, 1.54) is 0 Å². The van der Waals surface area contributed by atoms with Gasteiger partial charge in [0.05, 0.1) is 14.4 Å². The molecule has 8 heteroatoms. The SMILES string of the molecule is O=C1NC(=O)/C(=C/c2cc(Cl)c(OCc3ccccc3Cl)c(Br)c2)S1.